The van der Waals surface area contributed by atoms with Gasteiger partial charge in [0, 0.05) is 25.2 Å². The minimum absolute atomic E-state index is 0.00584. The Morgan fingerprint density at radius 1 is 1.47 bits per heavy atom. The van der Waals surface area contributed by atoms with Crippen molar-refractivity contribution in [3.05, 3.63) is 29.8 Å². The zero-order valence-corrected chi connectivity index (χ0v) is 8.97. The van der Waals surface area contributed by atoms with Gasteiger partial charge in [-0.25, -0.2) is 0 Å². The quantitative estimate of drug-likeness (QED) is 0.772. The number of nitrogens with two attached hydrogens (primary N) is 1. The second kappa shape index (κ2) is 4.79. The van der Waals surface area contributed by atoms with Gasteiger partial charge in [-0.3, -0.25) is 4.79 Å². The van der Waals surface area contributed by atoms with Crippen LogP contribution in [-0.4, -0.2) is 35.5 Å². The second-order valence-electron chi connectivity index (χ2n) is 3.55. The minimum Gasteiger partial charge on any atom is -0.508 e. The van der Waals surface area contributed by atoms with E-state index in [1.54, 1.807) is 24.1 Å². The molecule has 0 aliphatic heterocycles. The summed E-state index contributed by atoms with van der Waals surface area (Å²) in [6, 6.07) is 6.18. The van der Waals surface area contributed by atoms with E-state index in [1.165, 1.54) is 12.1 Å². The highest BCUT2D eigenvalue weighted by molar-refractivity contribution is 5.94. The van der Waals surface area contributed by atoms with Crippen molar-refractivity contribution < 1.29 is 9.90 Å². The Hall–Kier alpha value is -1.55. The normalized spacial score (nSPS) is 12.2. The number of phenolic OH excluding ortho intramolecular Hbond substituents is 1. The van der Waals surface area contributed by atoms with E-state index in [1.807, 2.05) is 6.92 Å². The fraction of sp³-hybridized carbons (Fsp3) is 0.364. The fourth-order valence-corrected chi connectivity index (χ4v) is 1.17. The van der Waals surface area contributed by atoms with E-state index in [0.717, 1.165) is 0 Å². The zero-order chi connectivity index (χ0) is 11.4. The van der Waals surface area contributed by atoms with Crippen molar-refractivity contribution in [2.75, 3.05) is 13.6 Å². The molecule has 0 aromatic heterocycles. The number of benzene rings is 1. The van der Waals surface area contributed by atoms with E-state index in [2.05, 4.69) is 0 Å². The number of phenols is 1. The molecule has 0 aliphatic rings. The van der Waals surface area contributed by atoms with Crippen LogP contribution < -0.4 is 5.73 Å². The van der Waals surface area contributed by atoms with Crippen LogP contribution >= 0.6 is 0 Å². The highest BCUT2D eigenvalue weighted by Crippen LogP contribution is 2.12. The topological polar surface area (TPSA) is 66.6 Å². The molecule has 0 bridgehead atoms. The molecule has 15 heavy (non-hydrogen) atoms. The summed E-state index contributed by atoms with van der Waals surface area (Å²) >= 11 is 0. The molecule has 0 heterocycles. The van der Waals surface area contributed by atoms with Crippen molar-refractivity contribution >= 4 is 5.91 Å². The van der Waals surface area contributed by atoms with Gasteiger partial charge in [0.25, 0.3) is 5.91 Å². The van der Waals surface area contributed by atoms with Crippen LogP contribution in [0, 0.1) is 0 Å². The van der Waals surface area contributed by atoms with Gasteiger partial charge < -0.3 is 15.7 Å². The maximum atomic E-state index is 11.8. The molecule has 1 aromatic rings. The van der Waals surface area contributed by atoms with E-state index < -0.39 is 0 Å². The van der Waals surface area contributed by atoms with Crippen molar-refractivity contribution in [3.8, 4) is 5.75 Å². The lowest BCUT2D eigenvalue weighted by Gasteiger charge is -2.23. The molecule has 3 N–H and O–H groups in total. The molecular formula is C11H16N2O2. The summed E-state index contributed by atoms with van der Waals surface area (Å²) in [4.78, 5) is 13.4. The van der Waals surface area contributed by atoms with Crippen molar-refractivity contribution in [1.82, 2.24) is 4.90 Å². The third kappa shape index (κ3) is 2.70. The number of hydrogen-bond donors (Lipinski definition) is 2. The van der Waals surface area contributed by atoms with Crippen LogP contribution in [0.4, 0.5) is 0 Å². The van der Waals surface area contributed by atoms with Crippen LogP contribution in [0.1, 0.15) is 17.3 Å². The summed E-state index contributed by atoms with van der Waals surface area (Å²) in [6.45, 7) is 2.32. The molecule has 0 spiro atoms. The first kappa shape index (κ1) is 11.5. The van der Waals surface area contributed by atoms with Gasteiger partial charge in [-0.1, -0.05) is 0 Å². The van der Waals surface area contributed by atoms with Crippen molar-refractivity contribution in [2.45, 2.75) is 13.0 Å². The number of nitrogens with zero attached hydrogens (tertiary/aromatic N) is 1. The number of rotatable bonds is 3. The molecule has 0 radical (unpaired) electrons. The molecule has 1 aromatic carbocycles. The smallest absolute Gasteiger partial charge is 0.253 e. The zero-order valence-electron chi connectivity index (χ0n) is 8.97. The first-order valence-corrected chi connectivity index (χ1v) is 4.82. The van der Waals surface area contributed by atoms with Crippen molar-refractivity contribution in [2.24, 2.45) is 5.73 Å². The Kier molecular flexibility index (Phi) is 3.68. The molecule has 1 amide bonds. The van der Waals surface area contributed by atoms with Gasteiger partial charge >= 0.3 is 0 Å². The summed E-state index contributed by atoms with van der Waals surface area (Å²) in [7, 11) is 1.71. The molecule has 1 atom stereocenters. The molecule has 4 nitrogen and oxygen atoms in total. The van der Waals surface area contributed by atoms with Crippen LogP contribution in [0.25, 0.3) is 0 Å². The first-order chi connectivity index (χ1) is 7.06. The Balaban J connectivity index is 2.80. The number of likely N-dealkylation sites (N-methyl/N-ethyl adjacent to an activating group) is 1. The molecule has 1 unspecified atom stereocenters. The Labute approximate surface area is 89.3 Å². The monoisotopic (exact) mass is 208 g/mol. The van der Waals surface area contributed by atoms with Crippen molar-refractivity contribution in [3.63, 3.8) is 0 Å². The van der Waals surface area contributed by atoms with E-state index >= 15 is 0 Å². The maximum absolute atomic E-state index is 11.8. The van der Waals surface area contributed by atoms with Gasteiger partial charge in [0.15, 0.2) is 0 Å². The van der Waals surface area contributed by atoms with Crippen LogP contribution in [0.5, 0.6) is 5.75 Å². The Morgan fingerprint density at radius 2 is 2.00 bits per heavy atom. The van der Waals surface area contributed by atoms with E-state index in [-0.39, 0.29) is 17.7 Å². The minimum atomic E-state index is -0.0899. The number of carbonyl (C=O) groups is 1. The lowest BCUT2D eigenvalue weighted by Crippen LogP contribution is -2.39. The Morgan fingerprint density at radius 3 is 2.47 bits per heavy atom. The molecule has 0 saturated heterocycles. The van der Waals surface area contributed by atoms with Crippen LogP contribution in [0.15, 0.2) is 24.3 Å². The van der Waals surface area contributed by atoms with E-state index in [0.29, 0.717) is 12.1 Å². The third-order valence-corrected chi connectivity index (χ3v) is 2.44. The maximum Gasteiger partial charge on any atom is 0.253 e. The Bertz CT molecular complexity index is 335. The van der Waals surface area contributed by atoms with Gasteiger partial charge in [-0.2, -0.15) is 0 Å². The molecule has 4 heteroatoms. The lowest BCUT2D eigenvalue weighted by atomic mass is 10.1. The summed E-state index contributed by atoms with van der Waals surface area (Å²) in [5, 5.41) is 9.09. The average molecular weight is 208 g/mol. The molecule has 0 fully saturated rings. The average Bonchev–Trinajstić information content (AvgIpc) is 2.27. The number of aromatic hydroxyl groups is 1. The third-order valence-electron chi connectivity index (χ3n) is 2.44. The van der Waals surface area contributed by atoms with Gasteiger partial charge in [-0.05, 0) is 31.2 Å². The standard InChI is InChI=1S/C11H16N2O2/c1-8(7-12)13(2)11(15)9-3-5-10(14)6-4-9/h3-6,8,14H,7,12H2,1-2H3. The molecular weight excluding hydrogens is 192 g/mol. The molecule has 1 rings (SSSR count). The molecule has 82 valence electrons. The van der Waals surface area contributed by atoms with Crippen LogP contribution in [0.2, 0.25) is 0 Å². The first-order valence-electron chi connectivity index (χ1n) is 4.82. The predicted octanol–water partition coefficient (Wildman–Crippen LogP) is 0.811. The number of amides is 1. The highest BCUT2D eigenvalue weighted by Gasteiger charge is 2.15. The number of hydrogen-bond acceptors (Lipinski definition) is 3. The second-order valence-corrected chi connectivity index (χ2v) is 3.55. The van der Waals surface area contributed by atoms with E-state index in [4.69, 9.17) is 10.8 Å². The SMILES string of the molecule is CC(CN)N(C)C(=O)c1ccc(O)cc1. The predicted molar refractivity (Wildman–Crippen MR) is 58.7 cm³/mol. The van der Waals surface area contributed by atoms with Crippen molar-refractivity contribution in [1.29, 1.82) is 0 Å². The van der Waals surface area contributed by atoms with Gasteiger partial charge in [0.2, 0.25) is 0 Å². The summed E-state index contributed by atoms with van der Waals surface area (Å²) in [6.07, 6.45) is 0. The summed E-state index contributed by atoms with van der Waals surface area (Å²) in [5.74, 6) is 0.0639. The van der Waals surface area contributed by atoms with Gasteiger partial charge in [0.05, 0.1) is 0 Å². The van der Waals surface area contributed by atoms with E-state index in [9.17, 15) is 4.79 Å². The van der Waals surface area contributed by atoms with Crippen LogP contribution in [-0.2, 0) is 0 Å². The summed E-state index contributed by atoms with van der Waals surface area (Å²) < 4.78 is 0. The largest absolute Gasteiger partial charge is 0.508 e. The molecule has 0 aliphatic carbocycles. The highest BCUT2D eigenvalue weighted by atomic mass is 16.3. The number of carbonyl (C=O) groups excluding carboxylic acids is 1. The van der Waals surface area contributed by atoms with Gasteiger partial charge in [-0.15, -0.1) is 0 Å². The van der Waals surface area contributed by atoms with Gasteiger partial charge in [0.1, 0.15) is 5.75 Å². The fourth-order valence-electron chi connectivity index (χ4n) is 1.17. The summed E-state index contributed by atoms with van der Waals surface area (Å²) in [5.41, 5.74) is 6.03. The van der Waals surface area contributed by atoms with Crippen LogP contribution in [0.3, 0.4) is 0 Å². The lowest BCUT2D eigenvalue weighted by molar-refractivity contribution is 0.0748. The molecule has 0 saturated carbocycles.